The number of aldehydes is 1. The van der Waals surface area contributed by atoms with Gasteiger partial charge in [0.2, 0.25) is 0 Å². The highest BCUT2D eigenvalue weighted by atomic mass is 16.1. The molecule has 0 radical (unpaired) electrons. The largest absolute Gasteiger partial charge is 0.398 e. The number of hydrogen-bond acceptors (Lipinski definition) is 4. The van der Waals surface area contributed by atoms with Crippen LogP contribution >= 0.6 is 0 Å². The molecule has 22 heavy (non-hydrogen) atoms. The number of aryl methyl sites for hydroxylation is 2. The smallest absolute Gasteiger partial charge is 0.168 e. The number of hydrogen-bond donors (Lipinski definition) is 2. The molecule has 0 fully saturated rings. The van der Waals surface area contributed by atoms with Gasteiger partial charge in [-0.25, -0.2) is 4.98 Å². The summed E-state index contributed by atoms with van der Waals surface area (Å²) in [7, 11) is 0. The molecule has 5 heteroatoms. The third-order valence-electron chi connectivity index (χ3n) is 3.88. The van der Waals surface area contributed by atoms with Crippen LogP contribution in [-0.2, 0) is 6.54 Å². The summed E-state index contributed by atoms with van der Waals surface area (Å²) in [4.78, 5) is 15.7. The van der Waals surface area contributed by atoms with Gasteiger partial charge in [0, 0.05) is 18.4 Å². The van der Waals surface area contributed by atoms with E-state index in [0.717, 1.165) is 40.1 Å². The van der Waals surface area contributed by atoms with Crippen molar-refractivity contribution in [2.24, 2.45) is 0 Å². The average Bonchev–Trinajstić information content (AvgIpc) is 2.82. The minimum atomic E-state index is 0.578. The zero-order valence-electron chi connectivity index (χ0n) is 12.6. The van der Waals surface area contributed by atoms with Crippen LogP contribution in [0.2, 0.25) is 0 Å². The predicted molar refractivity (Wildman–Crippen MR) is 88.2 cm³/mol. The van der Waals surface area contributed by atoms with Crippen molar-refractivity contribution in [2.45, 2.75) is 20.4 Å². The van der Waals surface area contributed by atoms with Gasteiger partial charge in [-0.1, -0.05) is 12.1 Å². The maximum atomic E-state index is 11.2. The number of rotatable bonds is 4. The predicted octanol–water partition coefficient (Wildman–Crippen LogP) is 2.96. The third kappa shape index (κ3) is 2.30. The van der Waals surface area contributed by atoms with Gasteiger partial charge >= 0.3 is 0 Å². The molecule has 0 aliphatic heterocycles. The number of benzene rings is 1. The highest BCUT2D eigenvalue weighted by molar-refractivity contribution is 5.80. The molecule has 112 valence electrons. The number of nitrogen functional groups attached to an aromatic ring is 1. The van der Waals surface area contributed by atoms with Gasteiger partial charge < -0.3 is 11.1 Å². The standard InChI is InChI=1S/C17H18N4O/c1-11-5-3-6-14(18)13(11)9-19-15-7-4-8-21-16(10-22)12(2)20-17(15)21/h3-8,10,19H,9,18H2,1-2H3. The first-order valence-corrected chi connectivity index (χ1v) is 7.12. The number of nitrogens with zero attached hydrogens (tertiary/aromatic N) is 2. The second-order valence-corrected chi connectivity index (χ2v) is 5.31. The van der Waals surface area contributed by atoms with E-state index in [2.05, 4.69) is 10.3 Å². The number of anilines is 2. The first-order valence-electron chi connectivity index (χ1n) is 7.12. The van der Waals surface area contributed by atoms with E-state index in [1.807, 2.05) is 50.4 Å². The minimum absolute atomic E-state index is 0.578. The van der Waals surface area contributed by atoms with Crippen LogP contribution < -0.4 is 11.1 Å². The molecule has 0 atom stereocenters. The second-order valence-electron chi connectivity index (χ2n) is 5.31. The molecule has 0 saturated carbocycles. The van der Waals surface area contributed by atoms with Crippen LogP contribution in [-0.4, -0.2) is 15.7 Å². The molecule has 0 amide bonds. The monoisotopic (exact) mass is 294 g/mol. The van der Waals surface area contributed by atoms with Gasteiger partial charge in [0.15, 0.2) is 11.9 Å². The summed E-state index contributed by atoms with van der Waals surface area (Å²) < 4.78 is 1.80. The summed E-state index contributed by atoms with van der Waals surface area (Å²) in [5.41, 5.74) is 12.0. The Morgan fingerprint density at radius 1 is 1.27 bits per heavy atom. The Hall–Kier alpha value is -2.82. The van der Waals surface area contributed by atoms with E-state index in [-0.39, 0.29) is 0 Å². The van der Waals surface area contributed by atoms with Gasteiger partial charge in [-0.3, -0.25) is 9.20 Å². The van der Waals surface area contributed by atoms with E-state index in [1.54, 1.807) is 4.40 Å². The summed E-state index contributed by atoms with van der Waals surface area (Å²) in [6, 6.07) is 9.73. The van der Waals surface area contributed by atoms with Gasteiger partial charge in [0.1, 0.15) is 5.69 Å². The number of carbonyl (C=O) groups is 1. The van der Waals surface area contributed by atoms with Crippen molar-refractivity contribution < 1.29 is 4.79 Å². The summed E-state index contributed by atoms with van der Waals surface area (Å²) >= 11 is 0. The fraction of sp³-hybridized carbons (Fsp3) is 0.176. The van der Waals surface area contributed by atoms with Crippen LogP contribution in [0.15, 0.2) is 36.5 Å². The lowest BCUT2D eigenvalue weighted by atomic mass is 10.1. The highest BCUT2D eigenvalue weighted by Gasteiger charge is 2.11. The highest BCUT2D eigenvalue weighted by Crippen LogP contribution is 2.22. The van der Waals surface area contributed by atoms with E-state index in [0.29, 0.717) is 12.2 Å². The molecule has 3 aromatic rings. The molecule has 2 heterocycles. The fourth-order valence-electron chi connectivity index (χ4n) is 2.63. The van der Waals surface area contributed by atoms with Crippen LogP contribution in [0.25, 0.3) is 5.65 Å². The normalized spacial score (nSPS) is 10.8. The Balaban J connectivity index is 1.96. The van der Waals surface area contributed by atoms with Gasteiger partial charge in [0.05, 0.1) is 11.4 Å². The van der Waals surface area contributed by atoms with Crippen molar-refractivity contribution >= 4 is 23.3 Å². The van der Waals surface area contributed by atoms with Crippen molar-refractivity contribution in [1.29, 1.82) is 0 Å². The maximum Gasteiger partial charge on any atom is 0.168 e. The van der Waals surface area contributed by atoms with Gasteiger partial charge in [-0.05, 0) is 43.2 Å². The minimum Gasteiger partial charge on any atom is -0.398 e. The lowest BCUT2D eigenvalue weighted by Crippen LogP contribution is -2.06. The lowest BCUT2D eigenvalue weighted by molar-refractivity contribution is 0.111. The molecule has 0 aliphatic carbocycles. The molecule has 3 rings (SSSR count). The van der Waals surface area contributed by atoms with Crippen molar-refractivity contribution in [3.8, 4) is 0 Å². The molecule has 0 spiro atoms. The molecule has 3 N–H and O–H groups in total. The van der Waals surface area contributed by atoms with Gasteiger partial charge in [0.25, 0.3) is 0 Å². The second kappa shape index (κ2) is 5.52. The number of imidazole rings is 1. The first kappa shape index (κ1) is 14.1. The third-order valence-corrected chi connectivity index (χ3v) is 3.88. The molecular formula is C17H18N4O. The molecule has 2 aromatic heterocycles. The number of nitrogens with two attached hydrogens (primary N) is 1. The molecule has 1 aromatic carbocycles. The van der Waals surface area contributed by atoms with Crippen molar-refractivity contribution in [3.63, 3.8) is 0 Å². The quantitative estimate of drug-likeness (QED) is 0.573. The molecule has 0 bridgehead atoms. The van der Waals surface area contributed by atoms with E-state index >= 15 is 0 Å². The maximum absolute atomic E-state index is 11.2. The van der Waals surface area contributed by atoms with E-state index < -0.39 is 0 Å². The van der Waals surface area contributed by atoms with Crippen LogP contribution in [0, 0.1) is 13.8 Å². The molecule has 5 nitrogen and oxygen atoms in total. The fourth-order valence-corrected chi connectivity index (χ4v) is 2.63. The molecule has 0 aliphatic rings. The lowest BCUT2D eigenvalue weighted by Gasteiger charge is -2.12. The Morgan fingerprint density at radius 3 is 2.82 bits per heavy atom. The van der Waals surface area contributed by atoms with E-state index in [1.165, 1.54) is 0 Å². The van der Waals surface area contributed by atoms with E-state index in [9.17, 15) is 4.79 Å². The van der Waals surface area contributed by atoms with Crippen LogP contribution in [0.4, 0.5) is 11.4 Å². The Labute approximate surface area is 128 Å². The first-order chi connectivity index (χ1) is 10.6. The molecular weight excluding hydrogens is 276 g/mol. The summed E-state index contributed by atoms with van der Waals surface area (Å²) in [5, 5.41) is 3.37. The van der Waals surface area contributed by atoms with E-state index in [4.69, 9.17) is 5.73 Å². The van der Waals surface area contributed by atoms with Crippen LogP contribution in [0.1, 0.15) is 27.3 Å². The Morgan fingerprint density at radius 2 is 2.09 bits per heavy atom. The van der Waals surface area contributed by atoms with Crippen LogP contribution in [0.3, 0.4) is 0 Å². The summed E-state index contributed by atoms with van der Waals surface area (Å²) in [6.45, 7) is 4.48. The number of aromatic nitrogens is 2. The van der Waals surface area contributed by atoms with Crippen LogP contribution in [0.5, 0.6) is 0 Å². The van der Waals surface area contributed by atoms with Crippen molar-refractivity contribution in [3.05, 3.63) is 59.0 Å². The molecule has 0 unspecified atom stereocenters. The van der Waals surface area contributed by atoms with Crippen molar-refractivity contribution in [1.82, 2.24) is 9.38 Å². The van der Waals surface area contributed by atoms with Gasteiger partial charge in [-0.15, -0.1) is 0 Å². The zero-order valence-corrected chi connectivity index (χ0v) is 12.6. The number of fused-ring (bicyclic) bond motifs is 1. The summed E-state index contributed by atoms with van der Waals surface area (Å²) in [6.07, 6.45) is 2.67. The SMILES string of the molecule is Cc1cccc(N)c1CNc1cccn2c(C=O)c(C)nc12. The topological polar surface area (TPSA) is 72.4 Å². The average molecular weight is 294 g/mol. The summed E-state index contributed by atoms with van der Waals surface area (Å²) in [5.74, 6) is 0. The van der Waals surface area contributed by atoms with Crippen molar-refractivity contribution in [2.75, 3.05) is 11.1 Å². The zero-order chi connectivity index (χ0) is 15.7. The Bertz CT molecular complexity index is 831. The molecule has 0 saturated heterocycles. The number of nitrogens with one attached hydrogen (secondary N) is 1. The number of pyridine rings is 1. The van der Waals surface area contributed by atoms with Gasteiger partial charge in [-0.2, -0.15) is 0 Å². The number of carbonyl (C=O) groups excluding carboxylic acids is 1. The Kier molecular flexibility index (Phi) is 3.55.